The highest BCUT2D eigenvalue weighted by Gasteiger charge is 2.27. The number of rotatable bonds is 3. The van der Waals surface area contributed by atoms with Crippen LogP contribution >= 0.6 is 11.3 Å². The monoisotopic (exact) mass is 328 g/mol. The maximum atomic E-state index is 12.8. The summed E-state index contributed by atoms with van der Waals surface area (Å²) in [4.78, 5) is 23.8. The van der Waals surface area contributed by atoms with Crippen LogP contribution in [0.25, 0.3) is 0 Å². The van der Waals surface area contributed by atoms with Crippen LogP contribution in [0.2, 0.25) is 0 Å². The number of amides is 1. The third kappa shape index (κ3) is 2.89. The Balaban J connectivity index is 1.60. The fourth-order valence-corrected chi connectivity index (χ4v) is 3.65. The van der Waals surface area contributed by atoms with Crippen LogP contribution in [0.3, 0.4) is 0 Å². The molecule has 1 amide bonds. The molecule has 0 bridgehead atoms. The van der Waals surface area contributed by atoms with E-state index in [1.807, 2.05) is 33.3 Å². The van der Waals surface area contributed by atoms with Gasteiger partial charge in [-0.2, -0.15) is 5.10 Å². The molecule has 0 aliphatic carbocycles. The van der Waals surface area contributed by atoms with Crippen LogP contribution in [0.1, 0.15) is 15.5 Å². The van der Waals surface area contributed by atoms with Gasteiger partial charge in [0.1, 0.15) is 18.5 Å². The molecular weight excluding hydrogens is 312 g/mol. The molecule has 118 valence electrons. The quantitative estimate of drug-likeness (QED) is 0.731. The number of fused-ring (bicyclic) bond motifs is 1. The normalized spacial score (nSPS) is 17.7. The lowest BCUT2D eigenvalue weighted by Gasteiger charge is -2.23. The predicted molar refractivity (Wildman–Crippen MR) is 84.8 cm³/mol. The zero-order valence-corrected chi connectivity index (χ0v) is 13.3. The Morgan fingerprint density at radius 1 is 1.39 bits per heavy atom. The summed E-state index contributed by atoms with van der Waals surface area (Å²) in [6.07, 6.45) is 7.02. The van der Waals surface area contributed by atoms with E-state index in [4.69, 9.17) is 0 Å². The summed E-state index contributed by atoms with van der Waals surface area (Å²) < 4.78 is 3.95. The Morgan fingerprint density at radius 2 is 2.35 bits per heavy atom. The second-order valence-corrected chi connectivity index (χ2v) is 6.59. The molecule has 0 radical (unpaired) electrons. The highest BCUT2D eigenvalue weighted by Crippen LogP contribution is 2.20. The van der Waals surface area contributed by atoms with Gasteiger partial charge in [-0.15, -0.1) is 11.3 Å². The van der Waals surface area contributed by atoms with E-state index in [1.54, 1.807) is 12.5 Å². The van der Waals surface area contributed by atoms with Crippen molar-refractivity contribution in [1.29, 1.82) is 0 Å². The molecule has 23 heavy (non-hydrogen) atoms. The molecular formula is C15H16N6OS. The van der Waals surface area contributed by atoms with Crippen molar-refractivity contribution in [1.82, 2.24) is 29.2 Å². The number of aromatic nitrogens is 5. The molecule has 7 nitrogen and oxygen atoms in total. The van der Waals surface area contributed by atoms with E-state index >= 15 is 0 Å². The molecule has 3 aromatic rings. The van der Waals surface area contributed by atoms with Gasteiger partial charge in [-0.3, -0.25) is 9.48 Å². The van der Waals surface area contributed by atoms with Gasteiger partial charge >= 0.3 is 0 Å². The van der Waals surface area contributed by atoms with Gasteiger partial charge in [0.15, 0.2) is 0 Å². The number of imidazole rings is 1. The van der Waals surface area contributed by atoms with E-state index in [-0.39, 0.29) is 11.8 Å². The van der Waals surface area contributed by atoms with Crippen molar-refractivity contribution in [3.63, 3.8) is 0 Å². The first-order chi connectivity index (χ1) is 11.3. The summed E-state index contributed by atoms with van der Waals surface area (Å²) in [7, 11) is 0. The zero-order valence-electron chi connectivity index (χ0n) is 12.4. The van der Waals surface area contributed by atoms with Crippen LogP contribution in [0.5, 0.6) is 0 Å². The molecule has 0 spiro atoms. The minimum atomic E-state index is 0.0695. The molecule has 1 atom stereocenters. The van der Waals surface area contributed by atoms with Crippen LogP contribution in [0, 0.1) is 5.92 Å². The number of thiophene rings is 1. The Bertz CT molecular complexity index is 779. The summed E-state index contributed by atoms with van der Waals surface area (Å²) in [5.74, 6) is 1.26. The second-order valence-electron chi connectivity index (χ2n) is 5.64. The molecule has 1 aliphatic heterocycles. The van der Waals surface area contributed by atoms with Crippen LogP contribution in [-0.4, -0.2) is 41.7 Å². The highest BCUT2D eigenvalue weighted by atomic mass is 32.1. The van der Waals surface area contributed by atoms with Crippen molar-refractivity contribution in [3.05, 3.63) is 53.3 Å². The minimum absolute atomic E-state index is 0.0695. The SMILES string of the molecule is O=C(c1cccs1)N1Cc2nccn2C[C@H](Cn2cncn2)C1. The molecule has 1 aliphatic rings. The van der Waals surface area contributed by atoms with Crippen molar-refractivity contribution in [2.75, 3.05) is 6.54 Å². The molecule has 3 aromatic heterocycles. The Hall–Kier alpha value is -2.48. The first-order valence-corrected chi connectivity index (χ1v) is 8.33. The smallest absolute Gasteiger partial charge is 0.264 e. The van der Waals surface area contributed by atoms with Gasteiger partial charge < -0.3 is 9.47 Å². The molecule has 0 saturated carbocycles. The third-order valence-electron chi connectivity index (χ3n) is 4.00. The molecule has 4 rings (SSSR count). The largest absolute Gasteiger partial charge is 0.333 e. The standard InChI is InChI=1S/C15H16N6OS/c22-15(13-2-1-5-23-13)20-7-12(8-21-11-16-10-18-21)6-19-4-3-17-14(19)9-20/h1-5,10-12H,6-9H2/t12-/m0/s1. The van der Waals surface area contributed by atoms with Gasteiger partial charge in [0, 0.05) is 37.9 Å². The van der Waals surface area contributed by atoms with E-state index in [1.165, 1.54) is 17.7 Å². The molecule has 8 heteroatoms. The second kappa shape index (κ2) is 5.96. The number of nitrogens with zero attached hydrogens (tertiary/aromatic N) is 6. The maximum Gasteiger partial charge on any atom is 0.264 e. The van der Waals surface area contributed by atoms with Crippen molar-refractivity contribution in [3.8, 4) is 0 Å². The number of carbonyl (C=O) groups is 1. The number of hydrogen-bond acceptors (Lipinski definition) is 5. The molecule has 0 N–H and O–H groups in total. The lowest BCUT2D eigenvalue weighted by molar-refractivity contribution is 0.0717. The molecule has 4 heterocycles. The van der Waals surface area contributed by atoms with Crippen molar-refractivity contribution in [2.24, 2.45) is 5.92 Å². The van der Waals surface area contributed by atoms with Crippen LogP contribution in [0.4, 0.5) is 0 Å². The first kappa shape index (κ1) is 14.1. The summed E-state index contributed by atoms with van der Waals surface area (Å²) >= 11 is 1.48. The van der Waals surface area contributed by atoms with Gasteiger partial charge in [0.2, 0.25) is 0 Å². The summed E-state index contributed by atoms with van der Waals surface area (Å²) in [6, 6.07) is 3.78. The first-order valence-electron chi connectivity index (χ1n) is 7.45. The van der Waals surface area contributed by atoms with Gasteiger partial charge in [0.25, 0.3) is 5.91 Å². The van der Waals surface area contributed by atoms with Crippen LogP contribution in [-0.2, 0) is 19.6 Å². The topological polar surface area (TPSA) is 68.8 Å². The van der Waals surface area contributed by atoms with Crippen LogP contribution in [0.15, 0.2) is 42.6 Å². The fraction of sp³-hybridized carbons (Fsp3) is 0.333. The lowest BCUT2D eigenvalue weighted by atomic mass is 10.1. The number of hydrogen-bond donors (Lipinski definition) is 0. The van der Waals surface area contributed by atoms with E-state index < -0.39 is 0 Å². The predicted octanol–water partition coefficient (Wildman–Crippen LogP) is 1.51. The summed E-state index contributed by atoms with van der Waals surface area (Å²) in [5, 5.41) is 6.11. The van der Waals surface area contributed by atoms with Gasteiger partial charge in [-0.25, -0.2) is 9.97 Å². The molecule has 0 fully saturated rings. The van der Waals surface area contributed by atoms with E-state index in [2.05, 4.69) is 19.6 Å². The average Bonchev–Trinajstić information content (AvgIpc) is 3.28. The van der Waals surface area contributed by atoms with Crippen LogP contribution < -0.4 is 0 Å². The van der Waals surface area contributed by atoms with Gasteiger partial charge in [0.05, 0.1) is 11.4 Å². The van der Waals surface area contributed by atoms with Crippen molar-refractivity contribution >= 4 is 17.2 Å². The van der Waals surface area contributed by atoms with Gasteiger partial charge in [-0.1, -0.05) is 6.07 Å². The molecule has 0 aromatic carbocycles. The van der Waals surface area contributed by atoms with E-state index in [0.29, 0.717) is 13.1 Å². The Kier molecular flexibility index (Phi) is 3.66. The average molecular weight is 328 g/mol. The third-order valence-corrected chi connectivity index (χ3v) is 4.86. The zero-order chi connectivity index (χ0) is 15.6. The maximum absolute atomic E-state index is 12.8. The van der Waals surface area contributed by atoms with E-state index in [0.717, 1.165) is 23.8 Å². The van der Waals surface area contributed by atoms with Crippen molar-refractivity contribution < 1.29 is 4.79 Å². The lowest BCUT2D eigenvalue weighted by Crippen LogP contribution is -2.35. The van der Waals surface area contributed by atoms with E-state index in [9.17, 15) is 4.79 Å². The number of carbonyl (C=O) groups excluding carboxylic acids is 1. The summed E-state index contributed by atoms with van der Waals surface area (Å²) in [6.45, 7) is 2.77. The fourth-order valence-electron chi connectivity index (χ4n) is 2.96. The van der Waals surface area contributed by atoms with Crippen molar-refractivity contribution in [2.45, 2.75) is 19.6 Å². The van der Waals surface area contributed by atoms with Gasteiger partial charge in [-0.05, 0) is 11.4 Å². The Morgan fingerprint density at radius 3 is 3.13 bits per heavy atom. The highest BCUT2D eigenvalue weighted by molar-refractivity contribution is 7.12. The Labute approximate surface area is 137 Å². The minimum Gasteiger partial charge on any atom is -0.333 e. The molecule has 0 unspecified atom stereocenters. The molecule has 0 saturated heterocycles. The summed E-state index contributed by atoms with van der Waals surface area (Å²) in [5.41, 5.74) is 0.